The first-order valence-electron chi connectivity index (χ1n) is 6.72. The van der Waals surface area contributed by atoms with Crippen LogP contribution in [0.2, 0.25) is 0 Å². The Kier molecular flexibility index (Phi) is 5.40. The number of ether oxygens (including phenoxy) is 1. The fourth-order valence-corrected chi connectivity index (χ4v) is 3.00. The summed E-state index contributed by atoms with van der Waals surface area (Å²) in [5, 5.41) is 17.9. The molecule has 11 heteroatoms. The molecule has 0 heterocycles. The van der Waals surface area contributed by atoms with E-state index in [4.69, 9.17) is 10.0 Å². The van der Waals surface area contributed by atoms with Crippen LogP contribution in [0, 0.1) is 11.6 Å². The van der Waals surface area contributed by atoms with Crippen molar-refractivity contribution in [3.05, 3.63) is 53.6 Å². The molecule has 2 rings (SSSR count). The van der Waals surface area contributed by atoms with Crippen molar-refractivity contribution in [1.82, 2.24) is 0 Å². The van der Waals surface area contributed by atoms with Crippen LogP contribution in [0.5, 0.6) is 0 Å². The number of carbonyl (C=O) groups excluding carboxylic acids is 1. The molecule has 3 N–H and O–H groups in total. The minimum Gasteiger partial charge on any atom is -0.465 e. The minimum absolute atomic E-state index is 0.0680. The van der Waals surface area contributed by atoms with Gasteiger partial charge in [0.15, 0.2) is 0 Å². The molecule has 0 atom stereocenters. The number of esters is 1. The van der Waals surface area contributed by atoms with E-state index in [-0.39, 0.29) is 10.4 Å². The smallest absolute Gasteiger partial charge is 0.465 e. The van der Waals surface area contributed by atoms with Crippen LogP contribution in [0.25, 0.3) is 0 Å². The summed E-state index contributed by atoms with van der Waals surface area (Å²) < 4.78 is 58.3. The van der Waals surface area contributed by atoms with Crippen molar-refractivity contribution >= 4 is 34.3 Å². The highest BCUT2D eigenvalue weighted by Crippen LogP contribution is 2.22. The topological polar surface area (TPSA) is 113 Å². The molecule has 0 saturated carbocycles. The third-order valence-electron chi connectivity index (χ3n) is 3.17. The van der Waals surface area contributed by atoms with Crippen molar-refractivity contribution < 1.29 is 36.8 Å². The molecule has 132 valence electrons. The van der Waals surface area contributed by atoms with Crippen molar-refractivity contribution in [2.75, 3.05) is 11.8 Å². The van der Waals surface area contributed by atoms with E-state index in [0.29, 0.717) is 12.1 Å². The molecule has 0 fully saturated rings. The van der Waals surface area contributed by atoms with E-state index >= 15 is 0 Å². The van der Waals surface area contributed by atoms with Gasteiger partial charge in [-0.15, -0.1) is 0 Å². The van der Waals surface area contributed by atoms with Gasteiger partial charge < -0.3 is 14.8 Å². The monoisotopic (exact) mass is 371 g/mol. The molecule has 0 aliphatic carbocycles. The van der Waals surface area contributed by atoms with Crippen LogP contribution in [0.1, 0.15) is 10.4 Å². The Hall–Kier alpha value is -2.50. The third-order valence-corrected chi connectivity index (χ3v) is 4.57. The second kappa shape index (κ2) is 7.17. The highest BCUT2D eigenvalue weighted by atomic mass is 32.2. The molecular formula is C14H12BF2NO6S. The predicted octanol–water partition coefficient (Wildman–Crippen LogP) is 0.232. The molecule has 7 nitrogen and oxygen atoms in total. The maximum absolute atomic E-state index is 13.8. The molecular weight excluding hydrogens is 359 g/mol. The average molecular weight is 371 g/mol. The van der Waals surface area contributed by atoms with Gasteiger partial charge in [-0.3, -0.25) is 4.72 Å². The van der Waals surface area contributed by atoms with Gasteiger partial charge in [-0.1, -0.05) is 12.1 Å². The van der Waals surface area contributed by atoms with Crippen LogP contribution in [-0.4, -0.2) is 38.7 Å². The van der Waals surface area contributed by atoms with Crippen molar-refractivity contribution in [3.63, 3.8) is 0 Å². The van der Waals surface area contributed by atoms with Crippen LogP contribution in [0.4, 0.5) is 14.5 Å². The van der Waals surface area contributed by atoms with E-state index in [0.717, 1.165) is 19.2 Å². The van der Waals surface area contributed by atoms with Crippen LogP contribution in [0.15, 0.2) is 41.3 Å². The van der Waals surface area contributed by atoms with Crippen LogP contribution >= 0.6 is 0 Å². The Balaban J connectivity index is 2.33. The van der Waals surface area contributed by atoms with Crippen molar-refractivity contribution in [1.29, 1.82) is 0 Å². The lowest BCUT2D eigenvalue weighted by molar-refractivity contribution is 0.0590. The van der Waals surface area contributed by atoms with Gasteiger partial charge in [0, 0.05) is 0 Å². The molecule has 0 unspecified atom stereocenters. The average Bonchev–Trinajstić information content (AvgIpc) is 2.53. The number of rotatable bonds is 5. The van der Waals surface area contributed by atoms with Gasteiger partial charge in [-0.2, -0.15) is 0 Å². The lowest BCUT2D eigenvalue weighted by Crippen LogP contribution is -2.29. The van der Waals surface area contributed by atoms with Crippen molar-refractivity contribution in [3.8, 4) is 0 Å². The first kappa shape index (κ1) is 18.8. The van der Waals surface area contributed by atoms with Crippen LogP contribution in [-0.2, 0) is 14.8 Å². The molecule has 0 aromatic heterocycles. The molecule has 2 aromatic carbocycles. The summed E-state index contributed by atoms with van der Waals surface area (Å²) in [6.45, 7) is 0. The molecule has 0 spiro atoms. The second-order valence-electron chi connectivity index (χ2n) is 4.85. The second-order valence-corrected chi connectivity index (χ2v) is 6.54. The van der Waals surface area contributed by atoms with Gasteiger partial charge in [0.2, 0.25) is 0 Å². The van der Waals surface area contributed by atoms with Gasteiger partial charge in [-0.05, 0) is 29.7 Å². The first-order valence-corrected chi connectivity index (χ1v) is 8.20. The SMILES string of the molecule is COC(=O)c1c(F)cc(NS(=O)(=O)c2ccc(B(O)O)cc2)cc1F. The van der Waals surface area contributed by atoms with E-state index < -0.39 is 46.0 Å². The fraction of sp³-hybridized carbons (Fsp3) is 0.0714. The number of methoxy groups -OCH3 is 1. The Bertz CT molecular complexity index is 879. The Morgan fingerprint density at radius 1 is 1.12 bits per heavy atom. The largest absolute Gasteiger partial charge is 0.488 e. The first-order chi connectivity index (χ1) is 11.7. The Labute approximate surface area is 142 Å². The zero-order chi connectivity index (χ0) is 18.8. The number of halogens is 2. The number of nitrogens with one attached hydrogen (secondary N) is 1. The lowest BCUT2D eigenvalue weighted by Gasteiger charge is -2.10. The summed E-state index contributed by atoms with van der Waals surface area (Å²) in [4.78, 5) is 11.0. The van der Waals surface area contributed by atoms with Gasteiger partial charge in [0.1, 0.15) is 17.2 Å². The van der Waals surface area contributed by atoms with E-state index in [1.807, 2.05) is 4.72 Å². The summed E-state index contributed by atoms with van der Waals surface area (Å²) in [5.41, 5.74) is -1.31. The highest BCUT2D eigenvalue weighted by molar-refractivity contribution is 7.92. The number of benzene rings is 2. The standard InChI is InChI=1S/C14H12BF2NO6S/c1-24-14(19)13-11(16)6-9(7-12(13)17)18-25(22,23)10-4-2-8(3-5-10)15(20)21/h2-7,18,20-21H,1H3. The number of sulfonamides is 1. The molecule has 0 bridgehead atoms. The van der Waals surface area contributed by atoms with E-state index in [1.54, 1.807) is 0 Å². The summed E-state index contributed by atoms with van der Waals surface area (Å²) in [7, 11) is -5.01. The molecule has 0 saturated heterocycles. The maximum Gasteiger partial charge on any atom is 0.488 e. The number of hydrogen-bond acceptors (Lipinski definition) is 6. The summed E-state index contributed by atoms with van der Waals surface area (Å²) in [6.07, 6.45) is 0. The van der Waals surface area contributed by atoms with E-state index in [1.165, 1.54) is 12.1 Å². The molecule has 25 heavy (non-hydrogen) atoms. The molecule has 2 aromatic rings. The van der Waals surface area contributed by atoms with Gasteiger partial charge >= 0.3 is 13.1 Å². The van der Waals surface area contributed by atoms with Crippen molar-refractivity contribution in [2.24, 2.45) is 0 Å². The number of anilines is 1. The van der Waals surface area contributed by atoms with Crippen molar-refractivity contribution in [2.45, 2.75) is 4.90 Å². The van der Waals surface area contributed by atoms with Gasteiger partial charge in [-0.25, -0.2) is 22.0 Å². The molecule has 0 aliphatic heterocycles. The summed E-state index contributed by atoms with van der Waals surface area (Å²) in [5.74, 6) is -3.81. The molecule has 0 amide bonds. The molecule has 0 aliphatic rings. The lowest BCUT2D eigenvalue weighted by atomic mass is 9.81. The zero-order valence-electron chi connectivity index (χ0n) is 12.7. The van der Waals surface area contributed by atoms with Gasteiger partial charge in [0.05, 0.1) is 17.7 Å². The zero-order valence-corrected chi connectivity index (χ0v) is 13.5. The fourth-order valence-electron chi connectivity index (χ4n) is 1.96. The molecule has 0 radical (unpaired) electrons. The summed E-state index contributed by atoms with van der Waals surface area (Å²) in [6, 6.07) is 5.79. The normalized spacial score (nSPS) is 11.1. The third kappa shape index (κ3) is 4.13. The van der Waals surface area contributed by atoms with Crippen LogP contribution < -0.4 is 10.2 Å². The quantitative estimate of drug-likeness (QED) is 0.513. The van der Waals surface area contributed by atoms with E-state index in [9.17, 15) is 22.0 Å². The number of carbonyl (C=O) groups is 1. The summed E-state index contributed by atoms with van der Waals surface area (Å²) >= 11 is 0. The van der Waals surface area contributed by atoms with E-state index in [2.05, 4.69) is 4.74 Å². The Morgan fingerprint density at radius 2 is 1.64 bits per heavy atom. The maximum atomic E-state index is 13.8. The highest BCUT2D eigenvalue weighted by Gasteiger charge is 2.22. The van der Waals surface area contributed by atoms with Crippen LogP contribution in [0.3, 0.4) is 0 Å². The minimum atomic E-state index is -4.19. The number of hydrogen-bond donors (Lipinski definition) is 3. The van der Waals surface area contributed by atoms with Gasteiger partial charge in [0.25, 0.3) is 10.0 Å². The Morgan fingerprint density at radius 3 is 2.08 bits per heavy atom. The predicted molar refractivity (Wildman–Crippen MR) is 84.8 cm³/mol.